The van der Waals surface area contributed by atoms with Crippen molar-refractivity contribution in [2.24, 2.45) is 5.10 Å². The molecule has 0 aliphatic heterocycles. The third kappa shape index (κ3) is 4.41. The smallest absolute Gasteiger partial charge is 0.337 e. The Morgan fingerprint density at radius 2 is 1.68 bits per heavy atom. The lowest BCUT2D eigenvalue weighted by atomic mass is 10.1. The van der Waals surface area contributed by atoms with E-state index in [0.717, 1.165) is 33.4 Å². The Balaban J connectivity index is 1.57. The van der Waals surface area contributed by atoms with Crippen LogP contribution in [0.15, 0.2) is 71.8 Å². The minimum Gasteiger partial charge on any atom is -0.496 e. The monoisotopic (exact) mass is 455 g/mol. The minimum absolute atomic E-state index is 0.363. The van der Waals surface area contributed by atoms with Crippen LogP contribution in [0.5, 0.6) is 5.75 Å². The zero-order valence-corrected chi connectivity index (χ0v) is 19.5. The number of aromatic nitrogens is 1. The molecule has 7 nitrogen and oxygen atoms in total. The average Bonchev–Trinajstić information content (AvgIpc) is 3.15. The molecule has 4 aromatic rings. The molecule has 1 amide bonds. The molecular weight excluding hydrogens is 430 g/mol. The maximum atomic E-state index is 12.8. The first-order valence-electron chi connectivity index (χ1n) is 10.7. The summed E-state index contributed by atoms with van der Waals surface area (Å²) < 4.78 is 12.3. The quantitative estimate of drug-likeness (QED) is 0.257. The van der Waals surface area contributed by atoms with E-state index in [2.05, 4.69) is 10.5 Å². The summed E-state index contributed by atoms with van der Waals surface area (Å²) in [4.78, 5) is 24.7. The maximum Gasteiger partial charge on any atom is 0.337 e. The van der Waals surface area contributed by atoms with Crippen molar-refractivity contribution < 1.29 is 19.1 Å². The molecule has 172 valence electrons. The van der Waals surface area contributed by atoms with Gasteiger partial charge >= 0.3 is 5.97 Å². The molecule has 0 bridgehead atoms. The molecule has 0 saturated heterocycles. The highest BCUT2D eigenvalue weighted by Crippen LogP contribution is 2.26. The van der Waals surface area contributed by atoms with Crippen molar-refractivity contribution in [2.75, 3.05) is 14.2 Å². The summed E-state index contributed by atoms with van der Waals surface area (Å²) in [5.74, 6) is -0.272. The molecule has 0 saturated carbocycles. The van der Waals surface area contributed by atoms with Gasteiger partial charge in [0, 0.05) is 22.6 Å². The lowest BCUT2D eigenvalue weighted by Crippen LogP contribution is -2.18. The largest absolute Gasteiger partial charge is 0.496 e. The van der Waals surface area contributed by atoms with Gasteiger partial charge in [0.1, 0.15) is 5.75 Å². The Bertz CT molecular complexity index is 1420. The summed E-state index contributed by atoms with van der Waals surface area (Å²) in [5.41, 5.74) is 7.03. The number of hydrogen-bond acceptors (Lipinski definition) is 5. The highest BCUT2D eigenvalue weighted by atomic mass is 16.5. The van der Waals surface area contributed by atoms with Crippen molar-refractivity contribution in [3.8, 4) is 11.4 Å². The van der Waals surface area contributed by atoms with Crippen LogP contribution in [-0.4, -0.2) is 36.9 Å². The van der Waals surface area contributed by atoms with E-state index in [9.17, 15) is 9.59 Å². The highest BCUT2D eigenvalue weighted by Gasteiger charge is 2.14. The van der Waals surface area contributed by atoms with E-state index in [0.29, 0.717) is 16.9 Å². The number of hydrogen-bond donors (Lipinski definition) is 1. The Hall–Kier alpha value is -4.39. The first-order chi connectivity index (χ1) is 16.4. The number of amides is 1. The number of fused-ring (bicyclic) bond motifs is 1. The fraction of sp³-hybridized carbons (Fsp3) is 0.148. The van der Waals surface area contributed by atoms with E-state index >= 15 is 0 Å². The van der Waals surface area contributed by atoms with Crippen molar-refractivity contribution in [3.05, 3.63) is 94.8 Å². The number of nitrogens with zero attached hydrogens (tertiary/aromatic N) is 2. The van der Waals surface area contributed by atoms with Gasteiger partial charge in [-0.2, -0.15) is 5.10 Å². The molecule has 0 fully saturated rings. The van der Waals surface area contributed by atoms with Crippen molar-refractivity contribution in [1.29, 1.82) is 0 Å². The SMILES string of the molecule is COC(=O)c1cccc(-n2c(C)cc(C=NNC(=O)c3cc4ccccc4cc3OC)c2C)c1. The van der Waals surface area contributed by atoms with Crippen LogP contribution in [0.4, 0.5) is 0 Å². The van der Waals surface area contributed by atoms with Crippen LogP contribution in [-0.2, 0) is 4.74 Å². The number of carbonyl (C=O) groups excluding carboxylic acids is 2. The first-order valence-corrected chi connectivity index (χ1v) is 10.7. The number of aryl methyl sites for hydroxylation is 1. The summed E-state index contributed by atoms with van der Waals surface area (Å²) in [5, 5.41) is 6.10. The van der Waals surface area contributed by atoms with Crippen LogP contribution in [0.2, 0.25) is 0 Å². The Kier molecular flexibility index (Phi) is 6.45. The van der Waals surface area contributed by atoms with Gasteiger partial charge in [-0.05, 0) is 61.0 Å². The molecule has 0 aliphatic carbocycles. The Morgan fingerprint density at radius 3 is 2.38 bits per heavy atom. The lowest BCUT2D eigenvalue weighted by molar-refractivity contribution is 0.0600. The number of carbonyl (C=O) groups is 2. The van der Waals surface area contributed by atoms with Gasteiger partial charge in [-0.3, -0.25) is 4.79 Å². The van der Waals surface area contributed by atoms with Gasteiger partial charge < -0.3 is 14.0 Å². The van der Waals surface area contributed by atoms with Gasteiger partial charge in [-0.15, -0.1) is 0 Å². The second-order valence-electron chi connectivity index (χ2n) is 7.80. The van der Waals surface area contributed by atoms with Crippen molar-refractivity contribution in [3.63, 3.8) is 0 Å². The number of ether oxygens (including phenoxy) is 2. The molecule has 34 heavy (non-hydrogen) atoms. The molecule has 0 atom stereocenters. The number of nitrogens with one attached hydrogen (secondary N) is 1. The summed E-state index contributed by atoms with van der Waals surface area (Å²) >= 11 is 0. The normalized spacial score (nSPS) is 11.1. The molecule has 0 spiro atoms. The van der Waals surface area contributed by atoms with E-state index in [-0.39, 0.29) is 5.91 Å². The summed E-state index contributed by atoms with van der Waals surface area (Å²) in [7, 11) is 2.89. The predicted octanol–water partition coefficient (Wildman–Crippen LogP) is 4.81. The van der Waals surface area contributed by atoms with Crippen molar-refractivity contribution in [2.45, 2.75) is 13.8 Å². The summed E-state index contributed by atoms with van der Waals surface area (Å²) in [6.07, 6.45) is 1.61. The Labute approximate surface area is 197 Å². The van der Waals surface area contributed by atoms with Gasteiger partial charge in [-0.25, -0.2) is 10.2 Å². The van der Waals surface area contributed by atoms with Crippen LogP contribution in [0.1, 0.15) is 37.7 Å². The Morgan fingerprint density at radius 1 is 0.941 bits per heavy atom. The van der Waals surface area contributed by atoms with Gasteiger partial charge in [0.05, 0.1) is 31.6 Å². The third-order valence-corrected chi connectivity index (χ3v) is 5.68. The number of hydrazone groups is 1. The molecule has 0 unspecified atom stereocenters. The fourth-order valence-corrected chi connectivity index (χ4v) is 3.99. The molecule has 4 rings (SSSR count). The molecule has 0 radical (unpaired) electrons. The molecule has 1 N–H and O–H groups in total. The van der Waals surface area contributed by atoms with Gasteiger partial charge in [0.2, 0.25) is 0 Å². The highest BCUT2D eigenvalue weighted by molar-refractivity contribution is 6.02. The third-order valence-electron chi connectivity index (χ3n) is 5.68. The molecule has 7 heteroatoms. The molecular formula is C27H25N3O4. The minimum atomic E-state index is -0.391. The topological polar surface area (TPSA) is 81.9 Å². The van der Waals surface area contributed by atoms with Crippen LogP contribution < -0.4 is 10.2 Å². The fourth-order valence-electron chi connectivity index (χ4n) is 3.99. The zero-order chi connectivity index (χ0) is 24.2. The van der Waals surface area contributed by atoms with Gasteiger partial charge in [-0.1, -0.05) is 30.3 Å². The molecule has 0 aliphatic rings. The van der Waals surface area contributed by atoms with Crippen LogP contribution >= 0.6 is 0 Å². The molecule has 1 aromatic heterocycles. The van der Waals surface area contributed by atoms with Crippen molar-refractivity contribution in [1.82, 2.24) is 9.99 Å². The number of methoxy groups -OCH3 is 2. The van der Waals surface area contributed by atoms with E-state index in [1.54, 1.807) is 24.4 Å². The standard InChI is InChI=1S/C27H25N3O4/c1-17-12-22(18(2)30(17)23-11-7-10-21(13-23)27(32)34-4)16-28-29-26(31)24-14-19-8-5-6-9-20(19)15-25(24)33-3/h5-16H,1-4H3,(H,29,31). The van der Waals surface area contributed by atoms with Gasteiger partial charge in [0.15, 0.2) is 0 Å². The molecule has 3 aromatic carbocycles. The van der Waals surface area contributed by atoms with Crippen LogP contribution in [0.3, 0.4) is 0 Å². The van der Waals surface area contributed by atoms with E-state index in [4.69, 9.17) is 9.47 Å². The lowest BCUT2D eigenvalue weighted by Gasteiger charge is -2.11. The van der Waals surface area contributed by atoms with Crippen LogP contribution in [0.25, 0.3) is 16.5 Å². The maximum absolute atomic E-state index is 12.8. The summed E-state index contributed by atoms with van der Waals surface area (Å²) in [6.45, 7) is 3.92. The van der Waals surface area contributed by atoms with E-state index in [1.807, 2.05) is 66.9 Å². The zero-order valence-electron chi connectivity index (χ0n) is 19.5. The molecule has 1 heterocycles. The number of rotatable bonds is 6. The summed E-state index contributed by atoms with van der Waals surface area (Å²) in [6, 6.07) is 20.6. The number of benzene rings is 3. The van der Waals surface area contributed by atoms with Gasteiger partial charge in [0.25, 0.3) is 5.91 Å². The average molecular weight is 456 g/mol. The second-order valence-corrected chi connectivity index (χ2v) is 7.80. The van der Waals surface area contributed by atoms with E-state index < -0.39 is 5.97 Å². The predicted molar refractivity (Wildman–Crippen MR) is 132 cm³/mol. The first kappa shape index (κ1) is 22.8. The van der Waals surface area contributed by atoms with E-state index in [1.165, 1.54) is 14.2 Å². The van der Waals surface area contributed by atoms with Crippen molar-refractivity contribution >= 4 is 28.9 Å². The van der Waals surface area contributed by atoms with Crippen LogP contribution in [0, 0.1) is 13.8 Å². The number of esters is 1. The second kappa shape index (κ2) is 9.62.